The zero-order valence-electron chi connectivity index (χ0n) is 8.41. The number of nitrogens with one attached hydrogen (secondary N) is 1. The van der Waals surface area contributed by atoms with Crippen molar-refractivity contribution in [3.63, 3.8) is 0 Å². The fourth-order valence-electron chi connectivity index (χ4n) is 1.28. The van der Waals surface area contributed by atoms with Crippen molar-refractivity contribution in [1.29, 1.82) is 0 Å². The average molecular weight is 283 g/mol. The highest BCUT2D eigenvalue weighted by Gasteiger charge is 1.97. The Morgan fingerprint density at radius 3 is 2.58 bits per heavy atom. The lowest BCUT2D eigenvalue weighted by Gasteiger charge is -2.11. The van der Waals surface area contributed by atoms with E-state index in [4.69, 9.17) is 0 Å². The average Bonchev–Trinajstić information content (AvgIpc) is 2.05. The molecule has 1 N–H and O–H groups in total. The molecule has 0 bridgehead atoms. The smallest absolute Gasteiger partial charge is 0.00386 e. The van der Waals surface area contributed by atoms with Crippen molar-refractivity contribution < 1.29 is 0 Å². The first kappa shape index (κ1) is 12.7. The van der Waals surface area contributed by atoms with Crippen LogP contribution in [0.5, 0.6) is 0 Å². The van der Waals surface area contributed by atoms with Crippen LogP contribution < -0.4 is 5.32 Å². The van der Waals surface area contributed by atoms with Crippen molar-refractivity contribution >= 4 is 22.6 Å². The van der Waals surface area contributed by atoms with Crippen LogP contribution in [0, 0.1) is 0 Å². The van der Waals surface area contributed by atoms with Gasteiger partial charge in [0.15, 0.2) is 0 Å². The van der Waals surface area contributed by atoms with E-state index in [9.17, 15) is 0 Å². The Labute approximate surface area is 90.8 Å². The molecule has 74 valence electrons. The molecule has 1 unspecified atom stereocenters. The lowest BCUT2D eigenvalue weighted by atomic mass is 10.2. The van der Waals surface area contributed by atoms with Crippen LogP contribution in [-0.4, -0.2) is 17.0 Å². The minimum Gasteiger partial charge on any atom is -0.314 e. The molecule has 0 saturated carbocycles. The van der Waals surface area contributed by atoms with E-state index in [2.05, 4.69) is 41.8 Å². The van der Waals surface area contributed by atoms with Gasteiger partial charge in [-0.3, -0.25) is 0 Å². The molecule has 12 heavy (non-hydrogen) atoms. The molecule has 0 aliphatic rings. The molecule has 1 atom stereocenters. The molecule has 0 aliphatic carbocycles. The first-order chi connectivity index (χ1) is 5.81. The highest BCUT2D eigenvalue weighted by atomic mass is 127. The summed E-state index contributed by atoms with van der Waals surface area (Å²) in [6.45, 7) is 5.73. The van der Waals surface area contributed by atoms with Crippen LogP contribution in [0.1, 0.15) is 46.0 Å². The van der Waals surface area contributed by atoms with Crippen LogP contribution in [0.4, 0.5) is 0 Å². The standard InChI is InChI=1S/C10H22IN/c1-3-7-10(2)12-9-6-4-5-8-11/h10,12H,3-9H2,1-2H3. The van der Waals surface area contributed by atoms with Gasteiger partial charge in [0.1, 0.15) is 0 Å². The quantitative estimate of drug-likeness (QED) is 0.409. The highest BCUT2D eigenvalue weighted by Crippen LogP contribution is 1.99. The molecule has 0 radical (unpaired) electrons. The summed E-state index contributed by atoms with van der Waals surface area (Å²) >= 11 is 2.45. The van der Waals surface area contributed by atoms with Crippen LogP contribution in [0.15, 0.2) is 0 Å². The Morgan fingerprint density at radius 1 is 1.25 bits per heavy atom. The first-order valence-electron chi connectivity index (χ1n) is 5.10. The van der Waals surface area contributed by atoms with Crippen LogP contribution in [0.2, 0.25) is 0 Å². The van der Waals surface area contributed by atoms with Crippen LogP contribution in [0.25, 0.3) is 0 Å². The van der Waals surface area contributed by atoms with Gasteiger partial charge in [-0.05, 0) is 37.2 Å². The predicted molar refractivity (Wildman–Crippen MR) is 65.1 cm³/mol. The Hall–Kier alpha value is 0.690. The molecule has 0 rings (SSSR count). The minimum atomic E-state index is 0.717. The molecule has 0 aromatic heterocycles. The fraction of sp³-hybridized carbons (Fsp3) is 1.00. The highest BCUT2D eigenvalue weighted by molar-refractivity contribution is 14.1. The number of rotatable bonds is 8. The zero-order valence-corrected chi connectivity index (χ0v) is 10.6. The normalized spacial score (nSPS) is 13.2. The Bertz CT molecular complexity index is 85.9. The summed E-state index contributed by atoms with van der Waals surface area (Å²) in [5.74, 6) is 0. The molecule has 0 saturated heterocycles. The lowest BCUT2D eigenvalue weighted by molar-refractivity contribution is 0.495. The number of alkyl halides is 1. The van der Waals surface area contributed by atoms with E-state index in [0.717, 1.165) is 6.04 Å². The van der Waals surface area contributed by atoms with Crippen LogP contribution in [-0.2, 0) is 0 Å². The molecule has 1 nitrogen and oxygen atoms in total. The summed E-state index contributed by atoms with van der Waals surface area (Å²) in [7, 11) is 0. The van der Waals surface area contributed by atoms with E-state index in [1.54, 1.807) is 0 Å². The molecule has 0 fully saturated rings. The van der Waals surface area contributed by atoms with Crippen molar-refractivity contribution in [2.24, 2.45) is 0 Å². The van der Waals surface area contributed by atoms with Crippen LogP contribution in [0.3, 0.4) is 0 Å². The van der Waals surface area contributed by atoms with Gasteiger partial charge in [0.2, 0.25) is 0 Å². The molecular formula is C10H22IN. The molecule has 0 amide bonds. The number of hydrogen-bond acceptors (Lipinski definition) is 1. The maximum absolute atomic E-state index is 3.54. The zero-order chi connectivity index (χ0) is 9.23. The first-order valence-corrected chi connectivity index (χ1v) is 6.63. The van der Waals surface area contributed by atoms with Gasteiger partial charge in [-0.25, -0.2) is 0 Å². The van der Waals surface area contributed by atoms with Gasteiger partial charge in [0.25, 0.3) is 0 Å². The van der Waals surface area contributed by atoms with Gasteiger partial charge in [0.05, 0.1) is 0 Å². The summed E-state index contributed by atoms with van der Waals surface area (Å²) in [4.78, 5) is 0. The van der Waals surface area contributed by atoms with Crippen molar-refractivity contribution in [1.82, 2.24) is 5.32 Å². The van der Waals surface area contributed by atoms with E-state index in [0.29, 0.717) is 0 Å². The third kappa shape index (κ3) is 8.78. The fourth-order valence-corrected chi connectivity index (χ4v) is 1.82. The second-order valence-corrected chi connectivity index (χ2v) is 4.47. The van der Waals surface area contributed by atoms with Gasteiger partial charge >= 0.3 is 0 Å². The molecule has 2 heteroatoms. The van der Waals surface area contributed by atoms with Crippen molar-refractivity contribution in [2.75, 3.05) is 11.0 Å². The second-order valence-electron chi connectivity index (χ2n) is 3.39. The SMILES string of the molecule is CCCC(C)NCCCCCI. The molecule has 0 spiro atoms. The van der Waals surface area contributed by atoms with E-state index in [-0.39, 0.29) is 0 Å². The predicted octanol–water partition coefficient (Wildman–Crippen LogP) is 3.37. The minimum absolute atomic E-state index is 0.717. The van der Waals surface area contributed by atoms with E-state index >= 15 is 0 Å². The van der Waals surface area contributed by atoms with Crippen LogP contribution >= 0.6 is 22.6 Å². The summed E-state index contributed by atoms with van der Waals surface area (Å²) < 4.78 is 1.31. The Morgan fingerprint density at radius 2 is 2.00 bits per heavy atom. The number of unbranched alkanes of at least 4 members (excludes halogenated alkanes) is 2. The summed E-state index contributed by atoms with van der Waals surface area (Å²) in [6.07, 6.45) is 6.71. The third-order valence-electron chi connectivity index (χ3n) is 2.02. The summed E-state index contributed by atoms with van der Waals surface area (Å²) in [6, 6.07) is 0.717. The summed E-state index contributed by atoms with van der Waals surface area (Å²) in [5.41, 5.74) is 0. The van der Waals surface area contributed by atoms with E-state index in [1.807, 2.05) is 0 Å². The Balaban J connectivity index is 2.97. The molecule has 0 heterocycles. The van der Waals surface area contributed by atoms with Crippen molar-refractivity contribution in [3.8, 4) is 0 Å². The van der Waals surface area contributed by atoms with Crippen molar-refractivity contribution in [2.45, 2.75) is 52.0 Å². The third-order valence-corrected chi connectivity index (χ3v) is 2.79. The second kappa shape index (κ2) is 9.78. The molecule has 0 aliphatic heterocycles. The van der Waals surface area contributed by atoms with Gasteiger partial charge in [-0.2, -0.15) is 0 Å². The monoisotopic (exact) mass is 283 g/mol. The molecule has 0 aromatic carbocycles. The van der Waals surface area contributed by atoms with Gasteiger partial charge in [-0.15, -0.1) is 0 Å². The topological polar surface area (TPSA) is 12.0 Å². The largest absolute Gasteiger partial charge is 0.314 e. The van der Waals surface area contributed by atoms with Gasteiger partial charge in [0, 0.05) is 6.04 Å². The number of halogens is 1. The maximum atomic E-state index is 3.54. The molecular weight excluding hydrogens is 261 g/mol. The lowest BCUT2D eigenvalue weighted by Crippen LogP contribution is -2.26. The summed E-state index contributed by atoms with van der Waals surface area (Å²) in [5, 5.41) is 3.54. The maximum Gasteiger partial charge on any atom is 0.00386 e. The van der Waals surface area contributed by atoms with Gasteiger partial charge in [-0.1, -0.05) is 42.4 Å². The van der Waals surface area contributed by atoms with Crippen molar-refractivity contribution in [3.05, 3.63) is 0 Å². The number of hydrogen-bond donors (Lipinski definition) is 1. The molecule has 0 aromatic rings. The van der Waals surface area contributed by atoms with E-state index < -0.39 is 0 Å². The van der Waals surface area contributed by atoms with Gasteiger partial charge < -0.3 is 5.32 Å². The Kier molecular flexibility index (Phi) is 10.3. The van der Waals surface area contributed by atoms with E-state index in [1.165, 1.54) is 43.1 Å².